The first-order valence-electron chi connectivity index (χ1n) is 22.9. The molecule has 0 saturated heterocycles. The first-order chi connectivity index (χ1) is 31.6. The summed E-state index contributed by atoms with van der Waals surface area (Å²) in [5, 5.41) is 4.72. The molecule has 5 aromatic heterocycles. The van der Waals surface area contributed by atoms with Crippen molar-refractivity contribution in [2.45, 2.75) is 78.6 Å². The second kappa shape index (κ2) is 15.0. The first-order valence-corrected chi connectivity index (χ1v) is 22.9. The number of aromatic nitrogens is 6. The van der Waals surface area contributed by atoms with Gasteiger partial charge in [0.25, 0.3) is 6.33 Å². The van der Waals surface area contributed by atoms with Gasteiger partial charge < -0.3 is 9.30 Å². The molecule has 0 fully saturated rings. The number of hydrogen-bond donors (Lipinski definition) is 0. The van der Waals surface area contributed by atoms with E-state index in [-0.39, 0.29) is 16.2 Å². The molecule has 0 spiro atoms. The fourth-order valence-electron chi connectivity index (χ4n) is 9.39. The topological polar surface area (TPSA) is 53.7 Å². The fourth-order valence-corrected chi connectivity index (χ4v) is 9.39. The molecule has 66 heavy (non-hydrogen) atoms. The minimum absolute atomic E-state index is 0.0249. The Labute approximate surface area is 386 Å². The van der Waals surface area contributed by atoms with Gasteiger partial charge in [-0.25, -0.2) is 4.98 Å². The third-order valence-electron chi connectivity index (χ3n) is 13.1. The molecule has 11 aromatic rings. The average molecular weight is 863 g/mol. The number of hydrogen-bond acceptors (Lipinski definition) is 3. The van der Waals surface area contributed by atoms with Gasteiger partial charge in [-0.3, -0.25) is 18.7 Å². The molecule has 5 heterocycles. The van der Waals surface area contributed by atoms with Crippen molar-refractivity contribution in [3.63, 3.8) is 0 Å². The summed E-state index contributed by atoms with van der Waals surface area (Å²) in [6.07, 6.45) is 7.43. The molecule has 0 unspecified atom stereocenters. The van der Waals surface area contributed by atoms with E-state index in [1.54, 1.807) is 0 Å². The van der Waals surface area contributed by atoms with Crippen LogP contribution in [-0.4, -0.2) is 23.7 Å². The summed E-state index contributed by atoms with van der Waals surface area (Å²) < 4.78 is 15.7. The molecule has 6 aromatic carbocycles. The van der Waals surface area contributed by atoms with E-state index in [0.29, 0.717) is 17.3 Å². The summed E-state index contributed by atoms with van der Waals surface area (Å²) >= 11 is 0. The highest BCUT2D eigenvalue weighted by Crippen LogP contribution is 2.39. The van der Waals surface area contributed by atoms with Crippen LogP contribution in [0.4, 0.5) is 0 Å². The molecular weight excluding hydrogens is 809 g/mol. The van der Waals surface area contributed by atoms with Crippen LogP contribution >= 0.6 is 0 Å². The van der Waals surface area contributed by atoms with Crippen molar-refractivity contribution < 1.29 is 9.30 Å². The highest BCUT2D eigenvalue weighted by atomic mass is 16.5. The van der Waals surface area contributed by atoms with Crippen molar-refractivity contribution in [2.75, 3.05) is 0 Å². The van der Waals surface area contributed by atoms with Gasteiger partial charge in [0.15, 0.2) is 5.82 Å². The predicted molar refractivity (Wildman–Crippen MR) is 271 cm³/mol. The molecule has 7 heteroatoms. The Morgan fingerprint density at radius 2 is 0.985 bits per heavy atom. The normalized spacial score (nSPS) is 12.6. The molecule has 0 saturated carbocycles. The lowest BCUT2D eigenvalue weighted by Gasteiger charge is -2.26. The second-order valence-corrected chi connectivity index (χ2v) is 20.7. The average Bonchev–Trinajstić information content (AvgIpc) is 3.96. The van der Waals surface area contributed by atoms with Crippen LogP contribution in [-0.2, 0) is 16.2 Å². The highest BCUT2D eigenvalue weighted by molar-refractivity contribution is 6.12. The number of pyridine rings is 2. The number of para-hydroxylation sites is 4. The molecule has 0 aliphatic heterocycles. The van der Waals surface area contributed by atoms with Crippen LogP contribution in [0.3, 0.4) is 0 Å². The van der Waals surface area contributed by atoms with Crippen LogP contribution in [0.15, 0.2) is 164 Å². The maximum Gasteiger partial charge on any atom is 0.271 e. The summed E-state index contributed by atoms with van der Waals surface area (Å²) in [6.45, 7) is 20.4. The predicted octanol–water partition coefficient (Wildman–Crippen LogP) is 14.4. The number of imidazole rings is 1. The van der Waals surface area contributed by atoms with Gasteiger partial charge in [-0.1, -0.05) is 135 Å². The lowest BCUT2D eigenvalue weighted by molar-refractivity contribution is -0.572. The van der Waals surface area contributed by atoms with Crippen molar-refractivity contribution >= 4 is 54.6 Å². The van der Waals surface area contributed by atoms with Gasteiger partial charge in [0.1, 0.15) is 17.3 Å². The van der Waals surface area contributed by atoms with Crippen LogP contribution in [0.25, 0.3) is 77.7 Å². The Morgan fingerprint density at radius 3 is 1.65 bits per heavy atom. The van der Waals surface area contributed by atoms with Crippen molar-refractivity contribution in [3.05, 3.63) is 187 Å². The number of ether oxygens (including phenoxy) is 1. The van der Waals surface area contributed by atoms with E-state index in [4.69, 9.17) is 14.7 Å². The van der Waals surface area contributed by atoms with Gasteiger partial charge in [0, 0.05) is 51.8 Å². The van der Waals surface area contributed by atoms with E-state index < -0.39 is 0 Å². The molecule has 0 amide bonds. The van der Waals surface area contributed by atoms with Gasteiger partial charge in [-0.05, 0) is 99.7 Å². The summed E-state index contributed by atoms with van der Waals surface area (Å²) in [5.74, 6) is 2.95. The van der Waals surface area contributed by atoms with Crippen molar-refractivity contribution in [2.24, 2.45) is 0 Å². The summed E-state index contributed by atoms with van der Waals surface area (Å²) in [4.78, 5) is 9.90. The maximum absolute atomic E-state index is 6.79. The van der Waals surface area contributed by atoms with E-state index in [9.17, 15) is 0 Å². The van der Waals surface area contributed by atoms with Crippen molar-refractivity contribution in [1.82, 2.24) is 23.7 Å². The van der Waals surface area contributed by atoms with Crippen LogP contribution in [0.2, 0.25) is 0 Å². The Morgan fingerprint density at radius 1 is 0.439 bits per heavy atom. The van der Waals surface area contributed by atoms with Gasteiger partial charge in [-0.2, -0.15) is 0 Å². The molecule has 0 radical (unpaired) electrons. The van der Waals surface area contributed by atoms with Crippen LogP contribution in [0, 0.1) is 6.33 Å². The zero-order valence-corrected chi connectivity index (χ0v) is 39.2. The first kappa shape index (κ1) is 41.2. The molecule has 11 rings (SSSR count). The SMILES string of the molecule is CC(C)(C)c1cc(-[n+]2[c-]n(-c3cc(Oc4ccc5c6ccc(-n7c8ccccc8c8ccccc87)cc6n(-c6cc(C(C)(C)C)ccn6)c5c4)ccn3)c3ccccc32)cc(C(C)(C)C)c1. The maximum atomic E-state index is 6.79. The van der Waals surface area contributed by atoms with E-state index in [1.807, 2.05) is 29.1 Å². The van der Waals surface area contributed by atoms with E-state index in [2.05, 4.69) is 222 Å². The standard InChI is InChI=1S/C59H54N6O/c1-57(2,3)38-26-28-61-56(33-38)65-53-34-41(64-49-18-12-10-16-45(49)46-17-11-13-19-50(46)64)22-24-47(53)48-25-23-43(35-54(48)65)66-44-27-29-60-55(36-44)63-37-62(51-20-14-15-21-52(51)63)42-31-39(58(4,5)6)30-40(32-42)59(7,8)9/h10-36H,1-9H3. The van der Waals surface area contributed by atoms with E-state index >= 15 is 0 Å². The molecule has 326 valence electrons. The zero-order chi connectivity index (χ0) is 45.7. The zero-order valence-electron chi connectivity index (χ0n) is 39.2. The minimum Gasteiger partial charge on any atom is -0.458 e. The number of benzene rings is 6. The number of fused-ring (bicyclic) bond motifs is 7. The largest absolute Gasteiger partial charge is 0.458 e. The van der Waals surface area contributed by atoms with Gasteiger partial charge in [0.05, 0.1) is 38.8 Å². The van der Waals surface area contributed by atoms with E-state index in [0.717, 1.165) is 50.0 Å². The Bertz CT molecular complexity index is 3610. The van der Waals surface area contributed by atoms with Crippen LogP contribution in [0.5, 0.6) is 11.5 Å². The quantitative estimate of drug-likeness (QED) is 0.124. The van der Waals surface area contributed by atoms with Crippen LogP contribution < -0.4 is 9.30 Å². The molecule has 0 N–H and O–H groups in total. The van der Waals surface area contributed by atoms with Gasteiger partial charge in [0.2, 0.25) is 0 Å². The molecule has 0 atom stereocenters. The fraction of sp³-hybridized carbons (Fsp3) is 0.203. The third-order valence-corrected chi connectivity index (χ3v) is 13.1. The highest BCUT2D eigenvalue weighted by Gasteiger charge is 2.24. The van der Waals surface area contributed by atoms with Crippen molar-refractivity contribution in [1.29, 1.82) is 0 Å². The lowest BCUT2D eigenvalue weighted by Crippen LogP contribution is -2.31. The van der Waals surface area contributed by atoms with Crippen molar-refractivity contribution in [3.8, 4) is 34.5 Å². The van der Waals surface area contributed by atoms with E-state index in [1.165, 1.54) is 38.5 Å². The van der Waals surface area contributed by atoms with Crippen LogP contribution in [0.1, 0.15) is 79.0 Å². The molecule has 0 bridgehead atoms. The lowest BCUT2D eigenvalue weighted by atomic mass is 9.80. The van der Waals surface area contributed by atoms with Gasteiger partial charge in [-0.15, -0.1) is 0 Å². The second-order valence-electron chi connectivity index (χ2n) is 20.7. The Hall–Kier alpha value is -7.51. The monoisotopic (exact) mass is 862 g/mol. The molecular formula is C59H54N6O. The summed E-state index contributed by atoms with van der Waals surface area (Å²) in [6, 6.07) is 54.1. The molecule has 7 nitrogen and oxygen atoms in total. The summed E-state index contributed by atoms with van der Waals surface area (Å²) in [5.41, 5.74) is 12.3. The minimum atomic E-state index is -0.0640. The smallest absolute Gasteiger partial charge is 0.271 e. The Kier molecular flexibility index (Phi) is 9.38. The molecule has 0 aliphatic rings. The van der Waals surface area contributed by atoms with Gasteiger partial charge >= 0.3 is 0 Å². The number of nitrogens with zero attached hydrogens (tertiary/aromatic N) is 6. The summed E-state index contributed by atoms with van der Waals surface area (Å²) in [7, 11) is 0. The molecule has 0 aliphatic carbocycles. The Balaban J connectivity index is 1.03. The third kappa shape index (κ3) is 7.01. The number of rotatable bonds is 6.